The number of hydrogen-bond donors (Lipinski definition) is 0. The maximum atomic E-state index is 6.26. The van der Waals surface area contributed by atoms with Crippen molar-refractivity contribution in [3.05, 3.63) is 28.5 Å². The van der Waals surface area contributed by atoms with E-state index in [0.29, 0.717) is 27.5 Å². The molecule has 1 aromatic heterocycles. The molecule has 118 valence electrons. The zero-order valence-corrected chi connectivity index (χ0v) is 14.8. The molecule has 0 amide bonds. The van der Waals surface area contributed by atoms with Gasteiger partial charge in [0.15, 0.2) is 5.82 Å². The van der Waals surface area contributed by atoms with Crippen LogP contribution in [0.3, 0.4) is 0 Å². The third-order valence-corrected chi connectivity index (χ3v) is 4.08. The fourth-order valence-corrected chi connectivity index (χ4v) is 2.48. The van der Waals surface area contributed by atoms with Gasteiger partial charge in [0.05, 0.1) is 22.9 Å². The van der Waals surface area contributed by atoms with E-state index in [2.05, 4.69) is 14.3 Å². The Bertz CT molecular complexity index is 675. The van der Waals surface area contributed by atoms with Crippen LogP contribution in [0.1, 0.15) is 18.3 Å². The van der Waals surface area contributed by atoms with Gasteiger partial charge in [0.2, 0.25) is 0 Å². The van der Waals surface area contributed by atoms with Gasteiger partial charge in [-0.05, 0) is 25.5 Å². The molecule has 8 heteroatoms. The van der Waals surface area contributed by atoms with Gasteiger partial charge < -0.3 is 9.64 Å². The van der Waals surface area contributed by atoms with Crippen LogP contribution in [0.5, 0.6) is 10.9 Å². The molecule has 0 saturated heterocycles. The summed E-state index contributed by atoms with van der Waals surface area (Å²) >= 11 is 13.1. The van der Waals surface area contributed by atoms with Crippen LogP contribution >= 0.6 is 34.7 Å². The fraction of sp³-hybridized carbons (Fsp3) is 0.357. The summed E-state index contributed by atoms with van der Waals surface area (Å²) < 4.78 is 9.78. The second-order valence-corrected chi connectivity index (χ2v) is 5.99. The Morgan fingerprint density at radius 3 is 2.86 bits per heavy atom. The monoisotopic (exact) mass is 358 g/mol. The molecule has 22 heavy (non-hydrogen) atoms. The quantitative estimate of drug-likeness (QED) is 0.428. The van der Waals surface area contributed by atoms with Gasteiger partial charge in [-0.25, -0.2) is 4.99 Å². The normalized spacial score (nSPS) is 11.1. The SMILES string of the molecule is CCN(C)/C=N\c1cc(C)c(Oc2nc(CCl)ns2)cc1Cl. The van der Waals surface area contributed by atoms with E-state index in [1.54, 1.807) is 12.4 Å². The van der Waals surface area contributed by atoms with Gasteiger partial charge in [0.25, 0.3) is 5.19 Å². The Morgan fingerprint density at radius 1 is 1.45 bits per heavy atom. The molecule has 0 N–H and O–H groups in total. The number of halogens is 2. The van der Waals surface area contributed by atoms with Crippen molar-refractivity contribution in [1.29, 1.82) is 0 Å². The summed E-state index contributed by atoms with van der Waals surface area (Å²) in [5, 5.41) is 0.959. The zero-order valence-electron chi connectivity index (χ0n) is 12.5. The summed E-state index contributed by atoms with van der Waals surface area (Å²) in [5.74, 6) is 1.44. The number of aryl methyl sites for hydroxylation is 1. The highest BCUT2D eigenvalue weighted by atomic mass is 35.5. The fourth-order valence-electron chi connectivity index (χ4n) is 1.53. The first-order valence-electron chi connectivity index (χ1n) is 6.64. The highest BCUT2D eigenvalue weighted by molar-refractivity contribution is 7.07. The largest absolute Gasteiger partial charge is 0.430 e. The summed E-state index contributed by atoms with van der Waals surface area (Å²) in [7, 11) is 1.95. The van der Waals surface area contributed by atoms with Crippen LogP contribution in [0.15, 0.2) is 17.1 Å². The van der Waals surface area contributed by atoms with E-state index in [1.807, 2.05) is 31.9 Å². The summed E-state index contributed by atoms with van der Waals surface area (Å²) in [6.45, 7) is 4.85. The van der Waals surface area contributed by atoms with Crippen molar-refractivity contribution >= 4 is 46.8 Å². The van der Waals surface area contributed by atoms with Gasteiger partial charge in [0.1, 0.15) is 5.75 Å². The minimum atomic E-state index is 0.262. The van der Waals surface area contributed by atoms with Crippen molar-refractivity contribution in [2.75, 3.05) is 13.6 Å². The highest BCUT2D eigenvalue weighted by Gasteiger charge is 2.10. The van der Waals surface area contributed by atoms with Crippen molar-refractivity contribution in [2.24, 2.45) is 4.99 Å². The summed E-state index contributed by atoms with van der Waals surface area (Å²) in [5.41, 5.74) is 1.61. The molecular formula is C14H16Cl2N4OS. The first-order chi connectivity index (χ1) is 10.5. The van der Waals surface area contributed by atoms with E-state index in [4.69, 9.17) is 27.9 Å². The van der Waals surface area contributed by atoms with Gasteiger partial charge in [-0.2, -0.15) is 9.36 Å². The first kappa shape index (κ1) is 17.0. The molecular weight excluding hydrogens is 343 g/mol. The number of alkyl halides is 1. The molecule has 0 saturated carbocycles. The van der Waals surface area contributed by atoms with Crippen LogP contribution in [0.4, 0.5) is 5.69 Å². The zero-order chi connectivity index (χ0) is 16.1. The lowest BCUT2D eigenvalue weighted by Gasteiger charge is -2.10. The van der Waals surface area contributed by atoms with E-state index in [-0.39, 0.29) is 5.88 Å². The maximum absolute atomic E-state index is 6.26. The smallest absolute Gasteiger partial charge is 0.298 e. The second-order valence-electron chi connectivity index (χ2n) is 4.60. The minimum Gasteiger partial charge on any atom is -0.430 e. The number of ether oxygens (including phenoxy) is 1. The van der Waals surface area contributed by atoms with Crippen molar-refractivity contribution in [2.45, 2.75) is 19.7 Å². The summed E-state index contributed by atoms with van der Waals surface area (Å²) in [4.78, 5) is 10.5. The highest BCUT2D eigenvalue weighted by Crippen LogP contribution is 2.35. The molecule has 5 nitrogen and oxygen atoms in total. The number of aliphatic imine (C=N–C) groups is 1. The number of benzene rings is 1. The number of hydrogen-bond acceptors (Lipinski definition) is 5. The molecule has 2 rings (SSSR count). The molecule has 0 aliphatic heterocycles. The predicted molar refractivity (Wildman–Crippen MR) is 92.2 cm³/mol. The topological polar surface area (TPSA) is 50.6 Å². The van der Waals surface area contributed by atoms with Gasteiger partial charge in [-0.1, -0.05) is 11.6 Å². The van der Waals surface area contributed by atoms with Crippen molar-refractivity contribution in [3.63, 3.8) is 0 Å². The van der Waals surface area contributed by atoms with E-state index in [0.717, 1.165) is 23.6 Å². The Balaban J connectivity index is 2.20. The van der Waals surface area contributed by atoms with Crippen molar-refractivity contribution in [3.8, 4) is 10.9 Å². The standard InChI is InChI=1S/C14H16Cl2N4OS/c1-4-20(3)8-17-11-5-9(2)12(6-10(11)16)21-14-18-13(7-15)19-22-14/h5-6,8H,4,7H2,1-3H3/b17-8-. The Labute approximate surface area is 143 Å². The van der Waals surface area contributed by atoms with Gasteiger partial charge in [-0.3, -0.25) is 0 Å². The van der Waals surface area contributed by atoms with Crippen LogP contribution in [0, 0.1) is 6.92 Å². The van der Waals surface area contributed by atoms with E-state index >= 15 is 0 Å². The predicted octanol–water partition coefficient (Wildman–Crippen LogP) is 4.64. The number of rotatable bonds is 6. The molecule has 0 aliphatic rings. The molecule has 2 aromatic rings. The van der Waals surface area contributed by atoms with Crippen molar-refractivity contribution in [1.82, 2.24) is 14.3 Å². The molecule has 0 fully saturated rings. The van der Waals surface area contributed by atoms with Crippen LogP contribution in [0.25, 0.3) is 0 Å². The van der Waals surface area contributed by atoms with Crippen LogP contribution in [-0.2, 0) is 5.88 Å². The van der Waals surface area contributed by atoms with Gasteiger partial charge in [0, 0.05) is 31.2 Å². The average molecular weight is 359 g/mol. The van der Waals surface area contributed by atoms with Crippen LogP contribution in [-0.4, -0.2) is 34.2 Å². The Hall–Kier alpha value is -1.37. The average Bonchev–Trinajstić information content (AvgIpc) is 2.96. The lowest BCUT2D eigenvalue weighted by molar-refractivity contribution is 0.474. The maximum Gasteiger partial charge on any atom is 0.298 e. The third-order valence-electron chi connectivity index (χ3n) is 2.90. The lowest BCUT2D eigenvalue weighted by atomic mass is 10.2. The second kappa shape index (κ2) is 7.76. The molecule has 0 radical (unpaired) electrons. The molecule has 0 bridgehead atoms. The van der Waals surface area contributed by atoms with E-state index in [9.17, 15) is 0 Å². The number of aromatic nitrogens is 2. The lowest BCUT2D eigenvalue weighted by Crippen LogP contribution is -2.14. The van der Waals surface area contributed by atoms with Gasteiger partial charge in [-0.15, -0.1) is 11.6 Å². The number of nitrogens with zero attached hydrogens (tertiary/aromatic N) is 4. The van der Waals surface area contributed by atoms with Crippen molar-refractivity contribution < 1.29 is 4.74 Å². The first-order valence-corrected chi connectivity index (χ1v) is 8.33. The Kier molecular flexibility index (Phi) is 5.99. The molecule has 0 aliphatic carbocycles. The molecule has 1 aromatic carbocycles. The van der Waals surface area contributed by atoms with Crippen LogP contribution in [0.2, 0.25) is 5.02 Å². The third kappa shape index (κ3) is 4.32. The molecule has 0 atom stereocenters. The van der Waals surface area contributed by atoms with E-state index in [1.165, 1.54) is 0 Å². The molecule has 1 heterocycles. The van der Waals surface area contributed by atoms with Gasteiger partial charge >= 0.3 is 0 Å². The summed E-state index contributed by atoms with van der Waals surface area (Å²) in [6, 6.07) is 3.61. The molecule has 0 spiro atoms. The summed E-state index contributed by atoms with van der Waals surface area (Å²) in [6.07, 6.45) is 1.75. The minimum absolute atomic E-state index is 0.262. The Morgan fingerprint density at radius 2 is 2.23 bits per heavy atom. The molecule has 0 unspecified atom stereocenters. The van der Waals surface area contributed by atoms with E-state index < -0.39 is 0 Å². The van der Waals surface area contributed by atoms with Crippen LogP contribution < -0.4 is 4.74 Å².